The molecule has 3 fully saturated rings. The number of carbonyl (C=O) groups is 5. The average molecular weight is 854 g/mol. The third-order valence-corrected chi connectivity index (χ3v) is 13.5. The number of likely N-dealkylation sites (tertiary alicyclic amines) is 1. The number of methoxy groups -OCH3 is 2. The Morgan fingerprint density at radius 1 is 0.902 bits per heavy atom. The number of aliphatic hydroxyl groups is 1. The zero-order chi connectivity index (χ0) is 45.3. The van der Waals surface area contributed by atoms with Crippen LogP contribution in [0.15, 0.2) is 47.6 Å². The second-order valence-electron chi connectivity index (χ2n) is 18.9. The SMILES string of the molecule is CO[C@H]1CCCC(C[C@@H](C)CCC(=O)[C@H](C)/C=C(\C)C[C@@H](OC)C(=O)[C@H](C)C[C@H](C)/C=C/C=C/C=C(\C)CC[C@@H]2CC[C@@H](C)[C@](O)(C(=O)C(=O)N3CCCCC3C(=O)O)O2)C1. The molecule has 0 aromatic heterocycles. The van der Waals surface area contributed by atoms with Gasteiger partial charge in [0, 0.05) is 51.4 Å². The van der Waals surface area contributed by atoms with Crippen molar-refractivity contribution in [1.29, 1.82) is 0 Å². The third-order valence-electron chi connectivity index (χ3n) is 13.5. The molecule has 2 heterocycles. The molecule has 2 N–H and O–H groups in total. The van der Waals surface area contributed by atoms with E-state index in [0.717, 1.165) is 41.7 Å². The third kappa shape index (κ3) is 16.4. The standard InChI is InChI=1S/C50H79NO10/c1-33(21-24-41-25-23-39(7)50(58,61-41)47(54)48(55)51-27-14-13-20-43(51)49(56)57)16-11-10-12-17-34(2)28-38(6)46(53)45(60-9)31-36(4)29-37(5)44(52)26-22-35(3)30-40-18-15-19-42(32-40)59-8/h10-12,16-17,29,34-35,37-43,45,58H,13-15,18-28,30-32H2,1-9H3,(H,56,57)/b11-10+,17-12+,33-16+,36-29+/t34-,35+,37-,38-,39-,40?,41-,42+,43?,45-,50-/m1/s1. The van der Waals surface area contributed by atoms with Gasteiger partial charge < -0.3 is 29.3 Å². The molecule has 2 saturated heterocycles. The largest absolute Gasteiger partial charge is 0.480 e. The zero-order valence-corrected chi connectivity index (χ0v) is 38.9. The number of aliphatic carboxylic acids is 1. The second kappa shape index (κ2) is 25.8. The van der Waals surface area contributed by atoms with Gasteiger partial charge in [-0.05, 0) is 109 Å². The Hall–Kier alpha value is -3.25. The summed E-state index contributed by atoms with van der Waals surface area (Å²) in [5, 5.41) is 20.9. The highest BCUT2D eigenvalue weighted by molar-refractivity contribution is 6.39. The second-order valence-corrected chi connectivity index (χ2v) is 18.9. The summed E-state index contributed by atoms with van der Waals surface area (Å²) in [5.41, 5.74) is 2.07. The number of allylic oxidation sites excluding steroid dienone is 7. The van der Waals surface area contributed by atoms with Crippen molar-refractivity contribution in [2.75, 3.05) is 20.8 Å². The van der Waals surface area contributed by atoms with Crippen molar-refractivity contribution >= 4 is 29.2 Å². The first-order valence-corrected chi connectivity index (χ1v) is 23.2. The van der Waals surface area contributed by atoms with E-state index in [-0.39, 0.29) is 42.3 Å². The molecule has 0 aromatic rings. The maximum Gasteiger partial charge on any atom is 0.326 e. The fraction of sp³-hybridized carbons (Fsp3) is 0.740. The number of rotatable bonds is 24. The molecule has 3 rings (SSSR count). The molecule has 344 valence electrons. The van der Waals surface area contributed by atoms with Crippen molar-refractivity contribution in [1.82, 2.24) is 4.90 Å². The number of carboxylic acids is 1. The van der Waals surface area contributed by atoms with Crippen LogP contribution in [0, 0.1) is 35.5 Å². The van der Waals surface area contributed by atoms with Crippen LogP contribution in [0.4, 0.5) is 0 Å². The van der Waals surface area contributed by atoms with Gasteiger partial charge >= 0.3 is 5.97 Å². The van der Waals surface area contributed by atoms with E-state index in [9.17, 15) is 34.2 Å². The van der Waals surface area contributed by atoms with Crippen molar-refractivity contribution in [2.45, 2.75) is 181 Å². The highest BCUT2D eigenvalue weighted by Gasteiger charge is 2.52. The Kier molecular flexibility index (Phi) is 22.0. The van der Waals surface area contributed by atoms with Gasteiger partial charge in [-0.1, -0.05) is 95.1 Å². The summed E-state index contributed by atoms with van der Waals surface area (Å²) in [6.45, 7) is 14.1. The number of hydrogen-bond acceptors (Lipinski definition) is 9. The number of Topliss-reactive ketones (excluding diaryl/α,β-unsaturated/α-hetero) is 3. The summed E-state index contributed by atoms with van der Waals surface area (Å²) >= 11 is 0. The van der Waals surface area contributed by atoms with Crippen molar-refractivity contribution in [2.24, 2.45) is 35.5 Å². The number of ketones is 3. The van der Waals surface area contributed by atoms with Gasteiger partial charge in [-0.25, -0.2) is 4.79 Å². The van der Waals surface area contributed by atoms with Gasteiger partial charge in [0.2, 0.25) is 5.79 Å². The van der Waals surface area contributed by atoms with E-state index in [1.54, 1.807) is 14.0 Å². The maximum atomic E-state index is 13.4. The number of carbonyl (C=O) groups excluding carboxylic acids is 4. The van der Waals surface area contributed by atoms with Crippen LogP contribution in [0.5, 0.6) is 0 Å². The van der Waals surface area contributed by atoms with Crippen LogP contribution < -0.4 is 0 Å². The van der Waals surface area contributed by atoms with Crippen LogP contribution in [0.3, 0.4) is 0 Å². The molecule has 11 heteroatoms. The van der Waals surface area contributed by atoms with E-state index in [4.69, 9.17) is 14.2 Å². The zero-order valence-electron chi connectivity index (χ0n) is 38.9. The maximum absolute atomic E-state index is 13.4. The van der Waals surface area contributed by atoms with Crippen molar-refractivity contribution < 1.29 is 48.4 Å². The monoisotopic (exact) mass is 854 g/mol. The molecule has 3 aliphatic rings. The molecule has 11 nitrogen and oxygen atoms in total. The fourth-order valence-corrected chi connectivity index (χ4v) is 9.49. The van der Waals surface area contributed by atoms with Gasteiger partial charge in [-0.2, -0.15) is 0 Å². The van der Waals surface area contributed by atoms with Crippen LogP contribution in [-0.2, 0) is 38.2 Å². The number of hydrogen-bond donors (Lipinski definition) is 2. The summed E-state index contributed by atoms with van der Waals surface area (Å²) < 4.78 is 17.2. The number of ether oxygens (including phenoxy) is 3. The summed E-state index contributed by atoms with van der Waals surface area (Å²) in [7, 11) is 3.38. The molecule has 61 heavy (non-hydrogen) atoms. The highest BCUT2D eigenvalue weighted by Crippen LogP contribution is 2.36. The van der Waals surface area contributed by atoms with Crippen molar-refractivity contribution in [3.05, 3.63) is 47.6 Å². The Morgan fingerprint density at radius 3 is 2.33 bits per heavy atom. The molecule has 2 unspecified atom stereocenters. The van der Waals surface area contributed by atoms with E-state index in [0.29, 0.717) is 75.7 Å². The average Bonchev–Trinajstić information content (AvgIpc) is 3.24. The lowest BCUT2D eigenvalue weighted by atomic mass is 9.80. The number of piperidine rings is 1. The van der Waals surface area contributed by atoms with Crippen LogP contribution in [0.2, 0.25) is 0 Å². The van der Waals surface area contributed by atoms with Gasteiger partial charge in [-0.15, -0.1) is 0 Å². The van der Waals surface area contributed by atoms with Crippen molar-refractivity contribution in [3.8, 4) is 0 Å². The minimum atomic E-state index is -2.29. The van der Waals surface area contributed by atoms with Gasteiger partial charge in [0.05, 0.1) is 12.2 Å². The Bertz CT molecular complexity index is 1580. The Morgan fingerprint density at radius 2 is 1.64 bits per heavy atom. The molecule has 1 saturated carbocycles. The molecule has 0 aromatic carbocycles. The smallest absolute Gasteiger partial charge is 0.326 e. The molecule has 11 atom stereocenters. The number of amides is 1. The summed E-state index contributed by atoms with van der Waals surface area (Å²) in [5.74, 6) is -4.86. The lowest BCUT2D eigenvalue weighted by Gasteiger charge is -2.42. The Balaban J connectivity index is 1.41. The van der Waals surface area contributed by atoms with E-state index in [1.807, 2.05) is 65.2 Å². The summed E-state index contributed by atoms with van der Waals surface area (Å²) in [6, 6.07) is -1.08. The van der Waals surface area contributed by atoms with E-state index < -0.39 is 47.6 Å². The Labute approximate surface area is 366 Å². The minimum absolute atomic E-state index is 0.0652. The first-order valence-electron chi connectivity index (χ1n) is 23.2. The summed E-state index contributed by atoms with van der Waals surface area (Å²) in [4.78, 5) is 65.8. The molecule has 2 aliphatic heterocycles. The lowest BCUT2D eigenvalue weighted by molar-refractivity contribution is -0.263. The first-order chi connectivity index (χ1) is 28.9. The topological polar surface area (TPSA) is 157 Å². The van der Waals surface area contributed by atoms with Gasteiger partial charge in [0.15, 0.2) is 5.78 Å². The first kappa shape index (κ1) is 52.1. The van der Waals surface area contributed by atoms with Gasteiger partial charge in [0.1, 0.15) is 17.9 Å². The fourth-order valence-electron chi connectivity index (χ4n) is 9.49. The minimum Gasteiger partial charge on any atom is -0.480 e. The molecular formula is C50H79NO10. The lowest BCUT2D eigenvalue weighted by Crippen LogP contribution is -2.60. The predicted molar refractivity (Wildman–Crippen MR) is 239 cm³/mol. The molecule has 0 spiro atoms. The number of carboxylic acid groups (broad SMARTS) is 1. The quantitative estimate of drug-likeness (QED) is 0.0545. The molecule has 1 aliphatic carbocycles. The van der Waals surface area contributed by atoms with E-state index in [2.05, 4.69) is 19.9 Å². The van der Waals surface area contributed by atoms with Crippen LogP contribution in [0.1, 0.15) is 151 Å². The highest BCUT2D eigenvalue weighted by atomic mass is 16.6. The molecular weight excluding hydrogens is 775 g/mol. The van der Waals surface area contributed by atoms with Crippen molar-refractivity contribution in [3.63, 3.8) is 0 Å². The van der Waals surface area contributed by atoms with Gasteiger partial charge in [0.25, 0.3) is 11.7 Å². The van der Waals surface area contributed by atoms with Gasteiger partial charge in [-0.3, -0.25) is 19.2 Å². The van der Waals surface area contributed by atoms with Crippen LogP contribution in [-0.4, -0.2) is 95.2 Å². The predicted octanol–water partition coefficient (Wildman–Crippen LogP) is 9.16. The summed E-state index contributed by atoms with van der Waals surface area (Å²) in [6.07, 6.45) is 23.8. The number of nitrogens with zero attached hydrogens (tertiary/aromatic N) is 1. The van der Waals surface area contributed by atoms with Crippen LogP contribution >= 0.6 is 0 Å². The van der Waals surface area contributed by atoms with E-state index in [1.165, 1.54) is 12.8 Å². The van der Waals surface area contributed by atoms with Crippen LogP contribution in [0.25, 0.3) is 0 Å². The molecule has 0 radical (unpaired) electrons. The normalized spacial score (nSPS) is 28.0. The molecule has 1 amide bonds. The molecule has 0 bridgehead atoms. The van der Waals surface area contributed by atoms with E-state index >= 15 is 0 Å².